The van der Waals surface area contributed by atoms with Gasteiger partial charge in [0.25, 0.3) is 0 Å². The minimum atomic E-state index is 0.0259. The van der Waals surface area contributed by atoms with E-state index in [-0.39, 0.29) is 11.6 Å². The van der Waals surface area contributed by atoms with Crippen molar-refractivity contribution in [3.05, 3.63) is 35.4 Å². The number of hydrogen-bond donors (Lipinski definition) is 1. The van der Waals surface area contributed by atoms with Crippen LogP contribution in [0.15, 0.2) is 24.3 Å². The van der Waals surface area contributed by atoms with Gasteiger partial charge in [-0.1, -0.05) is 42.7 Å². The second kappa shape index (κ2) is 6.06. The summed E-state index contributed by atoms with van der Waals surface area (Å²) in [5, 5.41) is 0. The van der Waals surface area contributed by atoms with Crippen LogP contribution in [0, 0.1) is 6.92 Å². The Kier molecular flexibility index (Phi) is 4.64. The number of benzene rings is 1. The van der Waals surface area contributed by atoms with Gasteiger partial charge < -0.3 is 5.73 Å². The van der Waals surface area contributed by atoms with Gasteiger partial charge in [-0.2, -0.15) is 0 Å². The van der Waals surface area contributed by atoms with Crippen molar-refractivity contribution in [2.75, 3.05) is 13.1 Å². The molecule has 2 rings (SSSR count). The molecule has 19 heavy (non-hydrogen) atoms. The van der Waals surface area contributed by atoms with Crippen LogP contribution >= 0.6 is 0 Å². The van der Waals surface area contributed by atoms with E-state index in [1.165, 1.54) is 49.9 Å². The van der Waals surface area contributed by atoms with Gasteiger partial charge in [0.15, 0.2) is 0 Å². The molecule has 0 spiro atoms. The van der Waals surface area contributed by atoms with Crippen LogP contribution in [0.2, 0.25) is 0 Å². The maximum Gasteiger partial charge on any atom is 0.0476 e. The molecule has 0 aliphatic carbocycles. The minimum absolute atomic E-state index is 0.0259. The van der Waals surface area contributed by atoms with Gasteiger partial charge in [0, 0.05) is 11.6 Å². The van der Waals surface area contributed by atoms with E-state index < -0.39 is 0 Å². The smallest absolute Gasteiger partial charge is 0.0476 e. The Morgan fingerprint density at radius 2 is 1.74 bits per heavy atom. The molecule has 1 unspecified atom stereocenters. The van der Waals surface area contributed by atoms with Crippen LogP contribution in [0.1, 0.15) is 56.7 Å². The zero-order valence-electron chi connectivity index (χ0n) is 12.7. The van der Waals surface area contributed by atoms with Gasteiger partial charge in [-0.25, -0.2) is 0 Å². The average Bonchev–Trinajstić information content (AvgIpc) is 2.67. The molecule has 0 bridgehead atoms. The normalized spacial score (nSPS) is 20.0. The van der Waals surface area contributed by atoms with Crippen molar-refractivity contribution >= 4 is 0 Å². The first-order chi connectivity index (χ1) is 9.01. The molecule has 1 heterocycles. The molecule has 0 amide bonds. The second-order valence-corrected chi connectivity index (χ2v) is 6.45. The Hall–Kier alpha value is -0.860. The maximum atomic E-state index is 6.58. The first-order valence-corrected chi connectivity index (χ1v) is 7.59. The molecule has 1 aromatic rings. The van der Waals surface area contributed by atoms with Gasteiger partial charge in [-0.3, -0.25) is 4.90 Å². The first-order valence-electron chi connectivity index (χ1n) is 7.59. The van der Waals surface area contributed by atoms with Crippen LogP contribution in [0.3, 0.4) is 0 Å². The molecule has 0 saturated carbocycles. The third-order valence-electron chi connectivity index (χ3n) is 4.58. The highest BCUT2D eigenvalue weighted by Gasteiger charge is 2.34. The van der Waals surface area contributed by atoms with E-state index in [1.54, 1.807) is 0 Å². The molecule has 1 aliphatic heterocycles. The molecule has 1 aliphatic rings. The largest absolute Gasteiger partial charge is 0.322 e. The van der Waals surface area contributed by atoms with Gasteiger partial charge in [-0.05, 0) is 52.3 Å². The van der Waals surface area contributed by atoms with Crippen molar-refractivity contribution in [1.29, 1.82) is 0 Å². The van der Waals surface area contributed by atoms with Gasteiger partial charge in [0.2, 0.25) is 0 Å². The van der Waals surface area contributed by atoms with Gasteiger partial charge >= 0.3 is 0 Å². The SMILES string of the molecule is Cc1cccc(C(N)C(C)(C)N2CCCCCC2)c1. The summed E-state index contributed by atoms with van der Waals surface area (Å²) in [4.78, 5) is 2.59. The van der Waals surface area contributed by atoms with Crippen LogP contribution in [-0.4, -0.2) is 23.5 Å². The Bertz CT molecular complexity index is 403. The van der Waals surface area contributed by atoms with Crippen molar-refractivity contribution in [1.82, 2.24) is 4.90 Å². The summed E-state index contributed by atoms with van der Waals surface area (Å²) >= 11 is 0. The van der Waals surface area contributed by atoms with Crippen molar-refractivity contribution in [2.24, 2.45) is 5.73 Å². The Labute approximate surface area is 118 Å². The highest BCUT2D eigenvalue weighted by molar-refractivity contribution is 5.27. The molecule has 1 fully saturated rings. The van der Waals surface area contributed by atoms with E-state index in [1.807, 2.05) is 0 Å². The third-order valence-corrected chi connectivity index (χ3v) is 4.58. The summed E-state index contributed by atoms with van der Waals surface area (Å²) in [6.07, 6.45) is 5.35. The van der Waals surface area contributed by atoms with Crippen LogP contribution < -0.4 is 5.73 Å². The molecule has 106 valence electrons. The fraction of sp³-hybridized carbons (Fsp3) is 0.647. The van der Waals surface area contributed by atoms with E-state index >= 15 is 0 Å². The van der Waals surface area contributed by atoms with Crippen LogP contribution in [0.5, 0.6) is 0 Å². The summed E-state index contributed by atoms with van der Waals surface area (Å²) in [5.41, 5.74) is 9.16. The average molecular weight is 260 g/mol. The summed E-state index contributed by atoms with van der Waals surface area (Å²) in [6.45, 7) is 9.10. The predicted octanol–water partition coefficient (Wildman–Crippen LogP) is 3.65. The number of rotatable bonds is 3. The van der Waals surface area contributed by atoms with Crippen LogP contribution in [0.4, 0.5) is 0 Å². The molecule has 1 aromatic carbocycles. The molecular formula is C17H28N2. The topological polar surface area (TPSA) is 29.3 Å². The fourth-order valence-corrected chi connectivity index (χ4v) is 3.12. The monoisotopic (exact) mass is 260 g/mol. The fourth-order valence-electron chi connectivity index (χ4n) is 3.12. The Morgan fingerprint density at radius 3 is 2.32 bits per heavy atom. The molecule has 2 nitrogen and oxygen atoms in total. The minimum Gasteiger partial charge on any atom is -0.322 e. The zero-order chi connectivity index (χ0) is 13.9. The van der Waals surface area contributed by atoms with Crippen LogP contribution in [-0.2, 0) is 0 Å². The number of nitrogens with zero attached hydrogens (tertiary/aromatic N) is 1. The maximum absolute atomic E-state index is 6.58. The Balaban J connectivity index is 2.17. The summed E-state index contributed by atoms with van der Waals surface area (Å²) in [5.74, 6) is 0. The number of aryl methyl sites for hydroxylation is 1. The highest BCUT2D eigenvalue weighted by Crippen LogP contribution is 2.31. The van der Waals surface area contributed by atoms with E-state index in [4.69, 9.17) is 5.73 Å². The second-order valence-electron chi connectivity index (χ2n) is 6.45. The summed E-state index contributed by atoms with van der Waals surface area (Å²) < 4.78 is 0. The molecule has 0 radical (unpaired) electrons. The first kappa shape index (κ1) is 14.5. The van der Waals surface area contributed by atoms with Crippen molar-refractivity contribution < 1.29 is 0 Å². The zero-order valence-corrected chi connectivity index (χ0v) is 12.7. The van der Waals surface area contributed by atoms with Gasteiger partial charge in [-0.15, -0.1) is 0 Å². The number of likely N-dealkylation sites (tertiary alicyclic amines) is 1. The Morgan fingerprint density at radius 1 is 1.11 bits per heavy atom. The van der Waals surface area contributed by atoms with Gasteiger partial charge in [0.05, 0.1) is 0 Å². The van der Waals surface area contributed by atoms with Crippen molar-refractivity contribution in [3.8, 4) is 0 Å². The standard InChI is InChI=1S/C17H28N2/c1-14-9-8-10-15(13-14)16(18)17(2,3)19-11-6-4-5-7-12-19/h8-10,13,16H,4-7,11-12,18H2,1-3H3. The predicted molar refractivity (Wildman–Crippen MR) is 82.2 cm³/mol. The lowest BCUT2D eigenvalue weighted by atomic mass is 9.87. The molecule has 2 N–H and O–H groups in total. The van der Waals surface area contributed by atoms with E-state index in [9.17, 15) is 0 Å². The number of nitrogens with two attached hydrogens (primary N) is 1. The third kappa shape index (κ3) is 3.37. The van der Waals surface area contributed by atoms with E-state index in [0.29, 0.717) is 0 Å². The lowest BCUT2D eigenvalue weighted by molar-refractivity contribution is 0.0980. The lowest BCUT2D eigenvalue weighted by Gasteiger charge is -2.42. The molecule has 2 heteroatoms. The van der Waals surface area contributed by atoms with E-state index in [2.05, 4.69) is 49.9 Å². The molecule has 0 aromatic heterocycles. The number of hydrogen-bond acceptors (Lipinski definition) is 2. The lowest BCUT2D eigenvalue weighted by Crippen LogP contribution is -2.51. The summed E-state index contributed by atoms with van der Waals surface area (Å²) in [6, 6.07) is 8.71. The molecule has 1 atom stereocenters. The van der Waals surface area contributed by atoms with Gasteiger partial charge in [0.1, 0.15) is 0 Å². The van der Waals surface area contributed by atoms with Crippen LogP contribution in [0.25, 0.3) is 0 Å². The van der Waals surface area contributed by atoms with Crippen molar-refractivity contribution in [2.45, 2.75) is 58.0 Å². The molecule has 1 saturated heterocycles. The molecular weight excluding hydrogens is 232 g/mol. The highest BCUT2D eigenvalue weighted by atomic mass is 15.2. The van der Waals surface area contributed by atoms with E-state index in [0.717, 1.165) is 0 Å². The van der Waals surface area contributed by atoms with Crippen molar-refractivity contribution in [3.63, 3.8) is 0 Å². The quantitative estimate of drug-likeness (QED) is 0.899. The summed E-state index contributed by atoms with van der Waals surface area (Å²) in [7, 11) is 0.